The molecule has 0 spiro atoms. The summed E-state index contributed by atoms with van der Waals surface area (Å²) in [6, 6.07) is 5.84. The number of aromatic amines is 1. The van der Waals surface area contributed by atoms with Gasteiger partial charge in [-0.2, -0.15) is 0 Å². The number of benzene rings is 1. The molecule has 0 saturated heterocycles. The minimum Gasteiger partial charge on any atom is -0.326 e. The van der Waals surface area contributed by atoms with Crippen LogP contribution in [0.5, 0.6) is 0 Å². The number of hydrogen-bond acceptors (Lipinski definition) is 2. The van der Waals surface area contributed by atoms with Crippen LogP contribution in [0.1, 0.15) is 18.9 Å². The molecule has 0 atom stereocenters. The van der Waals surface area contributed by atoms with E-state index in [1.807, 2.05) is 18.2 Å². The predicted molar refractivity (Wildman–Crippen MR) is 60.7 cm³/mol. The quantitative estimate of drug-likeness (QED) is 0.790. The van der Waals surface area contributed by atoms with Crippen LogP contribution in [-0.2, 0) is 13.1 Å². The van der Waals surface area contributed by atoms with Crippen molar-refractivity contribution >= 4 is 11.0 Å². The lowest BCUT2D eigenvalue weighted by Gasteiger charge is -2.00. The molecule has 4 heteroatoms. The van der Waals surface area contributed by atoms with Crippen molar-refractivity contribution in [3.8, 4) is 0 Å². The smallest absolute Gasteiger partial charge is 0.326 e. The maximum atomic E-state index is 11.6. The van der Waals surface area contributed by atoms with Crippen molar-refractivity contribution in [3.05, 3.63) is 34.2 Å². The first kappa shape index (κ1) is 9.98. The molecular formula is C11H15N3O. The number of rotatable bonds is 3. The molecule has 0 unspecified atom stereocenters. The topological polar surface area (TPSA) is 63.8 Å². The fraction of sp³-hybridized carbons (Fsp3) is 0.364. The normalized spacial score (nSPS) is 11.1. The Balaban J connectivity index is 2.63. The van der Waals surface area contributed by atoms with Gasteiger partial charge in [-0.3, -0.25) is 4.57 Å². The Hall–Kier alpha value is -1.55. The number of hydrogen-bond donors (Lipinski definition) is 2. The van der Waals surface area contributed by atoms with Gasteiger partial charge in [0.25, 0.3) is 0 Å². The van der Waals surface area contributed by atoms with E-state index in [0.29, 0.717) is 6.54 Å². The van der Waals surface area contributed by atoms with E-state index < -0.39 is 0 Å². The van der Waals surface area contributed by atoms with Crippen molar-refractivity contribution in [1.29, 1.82) is 0 Å². The second kappa shape index (κ2) is 3.90. The minimum atomic E-state index is -0.0407. The van der Waals surface area contributed by atoms with Gasteiger partial charge in [0.2, 0.25) is 0 Å². The summed E-state index contributed by atoms with van der Waals surface area (Å²) in [4.78, 5) is 14.4. The van der Waals surface area contributed by atoms with Gasteiger partial charge in [-0.1, -0.05) is 13.0 Å². The van der Waals surface area contributed by atoms with Gasteiger partial charge in [0.1, 0.15) is 0 Å². The summed E-state index contributed by atoms with van der Waals surface area (Å²) in [5, 5.41) is 0. The molecule has 1 aromatic carbocycles. The van der Waals surface area contributed by atoms with Crippen LogP contribution >= 0.6 is 0 Å². The summed E-state index contributed by atoms with van der Waals surface area (Å²) < 4.78 is 1.76. The van der Waals surface area contributed by atoms with Gasteiger partial charge in [0, 0.05) is 13.1 Å². The molecule has 80 valence electrons. The van der Waals surface area contributed by atoms with Crippen LogP contribution in [0.15, 0.2) is 23.0 Å². The first-order valence-electron chi connectivity index (χ1n) is 5.17. The Labute approximate surface area is 87.7 Å². The zero-order valence-electron chi connectivity index (χ0n) is 8.79. The Bertz CT molecular complexity index is 524. The lowest BCUT2D eigenvalue weighted by molar-refractivity contribution is 0.674. The summed E-state index contributed by atoms with van der Waals surface area (Å²) in [6.07, 6.45) is 0.950. The molecule has 0 saturated carbocycles. The summed E-state index contributed by atoms with van der Waals surface area (Å²) in [6.45, 7) is 3.30. The molecule has 0 aliphatic rings. The Morgan fingerprint density at radius 2 is 2.27 bits per heavy atom. The van der Waals surface area contributed by atoms with Crippen molar-refractivity contribution < 1.29 is 0 Å². The summed E-state index contributed by atoms with van der Waals surface area (Å²) >= 11 is 0. The Kier molecular flexibility index (Phi) is 2.60. The lowest BCUT2D eigenvalue weighted by atomic mass is 10.2. The SMILES string of the molecule is CCCn1c(=O)[nH]c2cc(CN)ccc21. The van der Waals surface area contributed by atoms with Crippen LogP contribution in [0.4, 0.5) is 0 Å². The zero-order chi connectivity index (χ0) is 10.8. The average molecular weight is 205 g/mol. The molecular weight excluding hydrogens is 190 g/mol. The summed E-state index contributed by atoms with van der Waals surface area (Å²) in [5.74, 6) is 0. The lowest BCUT2D eigenvalue weighted by Crippen LogP contribution is -2.16. The van der Waals surface area contributed by atoms with E-state index >= 15 is 0 Å². The van der Waals surface area contributed by atoms with Gasteiger partial charge in [0.15, 0.2) is 0 Å². The van der Waals surface area contributed by atoms with Crippen LogP contribution in [0.25, 0.3) is 11.0 Å². The highest BCUT2D eigenvalue weighted by Crippen LogP contribution is 2.12. The Morgan fingerprint density at radius 1 is 1.47 bits per heavy atom. The minimum absolute atomic E-state index is 0.0407. The van der Waals surface area contributed by atoms with E-state index in [1.165, 1.54) is 0 Å². The fourth-order valence-corrected chi connectivity index (χ4v) is 1.78. The van der Waals surface area contributed by atoms with Crippen molar-refractivity contribution in [2.45, 2.75) is 26.4 Å². The van der Waals surface area contributed by atoms with E-state index in [2.05, 4.69) is 11.9 Å². The van der Waals surface area contributed by atoms with Crippen LogP contribution < -0.4 is 11.4 Å². The van der Waals surface area contributed by atoms with Gasteiger partial charge in [-0.05, 0) is 24.1 Å². The molecule has 0 amide bonds. The molecule has 0 aliphatic heterocycles. The van der Waals surface area contributed by atoms with Gasteiger partial charge in [-0.25, -0.2) is 4.79 Å². The van der Waals surface area contributed by atoms with Gasteiger partial charge >= 0.3 is 5.69 Å². The molecule has 0 aliphatic carbocycles. The standard InChI is InChI=1S/C11H15N3O/c1-2-5-14-10-4-3-8(7-12)6-9(10)13-11(14)15/h3-4,6H,2,5,7,12H2,1H3,(H,13,15). The molecule has 0 fully saturated rings. The summed E-state index contributed by atoms with van der Waals surface area (Å²) in [7, 11) is 0. The molecule has 1 aromatic heterocycles. The maximum absolute atomic E-state index is 11.6. The zero-order valence-corrected chi connectivity index (χ0v) is 8.79. The molecule has 0 radical (unpaired) electrons. The van der Waals surface area contributed by atoms with E-state index in [-0.39, 0.29) is 5.69 Å². The largest absolute Gasteiger partial charge is 0.326 e. The number of H-pyrrole nitrogens is 1. The molecule has 3 N–H and O–H groups in total. The molecule has 2 aromatic rings. The van der Waals surface area contributed by atoms with E-state index in [1.54, 1.807) is 4.57 Å². The van der Waals surface area contributed by atoms with E-state index in [0.717, 1.165) is 29.6 Å². The van der Waals surface area contributed by atoms with Gasteiger partial charge < -0.3 is 10.7 Å². The highest BCUT2D eigenvalue weighted by Gasteiger charge is 2.05. The third kappa shape index (κ3) is 1.68. The van der Waals surface area contributed by atoms with Gasteiger partial charge in [0.05, 0.1) is 11.0 Å². The van der Waals surface area contributed by atoms with Crippen molar-refractivity contribution in [1.82, 2.24) is 9.55 Å². The third-order valence-corrected chi connectivity index (χ3v) is 2.52. The van der Waals surface area contributed by atoms with E-state index in [4.69, 9.17) is 5.73 Å². The number of aromatic nitrogens is 2. The first-order valence-corrected chi connectivity index (χ1v) is 5.17. The molecule has 15 heavy (non-hydrogen) atoms. The highest BCUT2D eigenvalue weighted by molar-refractivity contribution is 5.76. The summed E-state index contributed by atoms with van der Waals surface area (Å²) in [5.41, 5.74) is 8.37. The third-order valence-electron chi connectivity index (χ3n) is 2.52. The van der Waals surface area contributed by atoms with Crippen LogP contribution in [0.2, 0.25) is 0 Å². The number of nitrogens with zero attached hydrogens (tertiary/aromatic N) is 1. The molecule has 1 heterocycles. The molecule has 0 bridgehead atoms. The number of fused-ring (bicyclic) bond motifs is 1. The van der Waals surface area contributed by atoms with Crippen molar-refractivity contribution in [2.75, 3.05) is 0 Å². The number of nitrogens with one attached hydrogen (secondary N) is 1. The van der Waals surface area contributed by atoms with E-state index in [9.17, 15) is 4.79 Å². The fourth-order valence-electron chi connectivity index (χ4n) is 1.78. The predicted octanol–water partition coefficient (Wildman–Crippen LogP) is 1.20. The average Bonchev–Trinajstić information content (AvgIpc) is 2.55. The second-order valence-electron chi connectivity index (χ2n) is 3.64. The highest BCUT2D eigenvalue weighted by atomic mass is 16.1. The van der Waals surface area contributed by atoms with Crippen molar-refractivity contribution in [2.24, 2.45) is 5.73 Å². The van der Waals surface area contributed by atoms with Crippen LogP contribution in [0, 0.1) is 0 Å². The number of aryl methyl sites for hydroxylation is 1. The maximum Gasteiger partial charge on any atom is 0.326 e. The van der Waals surface area contributed by atoms with Gasteiger partial charge in [-0.15, -0.1) is 0 Å². The number of nitrogens with two attached hydrogens (primary N) is 1. The van der Waals surface area contributed by atoms with Crippen molar-refractivity contribution in [3.63, 3.8) is 0 Å². The Morgan fingerprint density at radius 3 is 2.93 bits per heavy atom. The first-order chi connectivity index (χ1) is 7.26. The van der Waals surface area contributed by atoms with Crippen LogP contribution in [-0.4, -0.2) is 9.55 Å². The monoisotopic (exact) mass is 205 g/mol. The number of imidazole rings is 1. The second-order valence-corrected chi connectivity index (χ2v) is 3.64. The molecule has 2 rings (SSSR count). The molecule has 4 nitrogen and oxygen atoms in total. The van der Waals surface area contributed by atoms with Crippen LogP contribution in [0.3, 0.4) is 0 Å².